The van der Waals surface area contributed by atoms with Crippen molar-refractivity contribution in [1.29, 1.82) is 0 Å². The van der Waals surface area contributed by atoms with Crippen LogP contribution in [0.25, 0.3) is 0 Å². The fraction of sp³-hybridized carbons (Fsp3) is 0.400. The summed E-state index contributed by atoms with van der Waals surface area (Å²) in [5, 5.41) is 1.94. The fourth-order valence-corrected chi connectivity index (χ4v) is 5.62. The topological polar surface area (TPSA) is 78.0 Å². The monoisotopic (exact) mass is 435 g/mol. The maximum Gasteiger partial charge on any atom is 0.267 e. The third-order valence-electron chi connectivity index (χ3n) is 4.80. The van der Waals surface area contributed by atoms with E-state index in [2.05, 4.69) is 0 Å². The minimum Gasteiger partial charge on any atom is -0.334 e. The van der Waals surface area contributed by atoms with Gasteiger partial charge in [0, 0.05) is 24.4 Å². The lowest BCUT2D eigenvalue weighted by Gasteiger charge is -2.30. The molecule has 1 fully saturated rings. The molecule has 1 aromatic heterocycles. The van der Waals surface area contributed by atoms with Crippen LogP contribution in [0.2, 0.25) is 0 Å². The zero-order valence-corrected chi connectivity index (χ0v) is 18.2. The number of amides is 2. The van der Waals surface area contributed by atoms with Crippen LogP contribution < -0.4 is 0 Å². The number of likely N-dealkylation sites (N-methyl/N-ethyl adjacent to an activating group) is 1. The van der Waals surface area contributed by atoms with Crippen molar-refractivity contribution >= 4 is 33.2 Å². The van der Waals surface area contributed by atoms with E-state index >= 15 is 0 Å². The van der Waals surface area contributed by atoms with Crippen molar-refractivity contribution in [2.24, 2.45) is 0 Å². The summed E-state index contributed by atoms with van der Waals surface area (Å²) in [4.78, 5) is 30.5. The van der Waals surface area contributed by atoms with Gasteiger partial charge in [0.2, 0.25) is 11.8 Å². The molecule has 1 unspecified atom stereocenters. The Morgan fingerprint density at radius 2 is 1.86 bits per heavy atom. The molecule has 7 nitrogen and oxygen atoms in total. The van der Waals surface area contributed by atoms with Crippen LogP contribution in [-0.2, 0) is 26.2 Å². The summed E-state index contributed by atoms with van der Waals surface area (Å²) in [6.07, 6.45) is 0.246. The molecule has 3 rings (SSSR count). The maximum absolute atomic E-state index is 13.4. The first-order valence-corrected chi connectivity index (χ1v) is 11.7. The van der Waals surface area contributed by atoms with E-state index in [-0.39, 0.29) is 23.6 Å². The van der Waals surface area contributed by atoms with Gasteiger partial charge in [-0.25, -0.2) is 12.7 Å². The molecule has 0 bridgehead atoms. The Kier molecular flexibility index (Phi) is 6.71. The van der Waals surface area contributed by atoms with Gasteiger partial charge >= 0.3 is 0 Å². The molecule has 1 saturated heterocycles. The first kappa shape index (κ1) is 21.5. The molecule has 2 aromatic rings. The van der Waals surface area contributed by atoms with E-state index in [1.54, 1.807) is 34.4 Å². The lowest BCUT2D eigenvalue weighted by molar-refractivity contribution is -0.138. The maximum atomic E-state index is 13.4. The van der Waals surface area contributed by atoms with Gasteiger partial charge in [0.1, 0.15) is 6.04 Å². The number of rotatable bonds is 8. The molecule has 2 amide bonds. The molecular weight excluding hydrogens is 410 g/mol. The second-order valence-electron chi connectivity index (χ2n) is 7.20. The highest BCUT2D eigenvalue weighted by Gasteiger charge is 2.45. The largest absolute Gasteiger partial charge is 0.334 e. The van der Waals surface area contributed by atoms with Gasteiger partial charge in [0.25, 0.3) is 10.0 Å². The molecule has 1 aliphatic heterocycles. The number of hydrogen-bond acceptors (Lipinski definition) is 6. The van der Waals surface area contributed by atoms with E-state index in [9.17, 15) is 18.0 Å². The molecule has 156 valence electrons. The number of thiophene rings is 1. The zero-order chi connectivity index (χ0) is 21.0. The third-order valence-corrected chi connectivity index (χ3v) is 7.51. The number of hydrogen-bond donors (Lipinski definition) is 0. The van der Waals surface area contributed by atoms with Gasteiger partial charge in [-0.05, 0) is 44.1 Å². The van der Waals surface area contributed by atoms with Crippen molar-refractivity contribution in [3.63, 3.8) is 0 Å². The van der Waals surface area contributed by atoms with E-state index in [0.717, 1.165) is 9.18 Å². The molecule has 9 heteroatoms. The number of nitrogens with zero attached hydrogens (tertiary/aromatic N) is 3. The highest BCUT2D eigenvalue weighted by atomic mass is 32.2. The van der Waals surface area contributed by atoms with Crippen LogP contribution >= 0.6 is 11.3 Å². The van der Waals surface area contributed by atoms with Crippen LogP contribution in [0, 0.1) is 0 Å². The Morgan fingerprint density at radius 1 is 1.14 bits per heavy atom. The standard InChI is InChI=1S/C20H25N3O4S2/c1-21(2)12-13-22(15-16-7-6-14-28-16)20(25)18-10-11-19(24)23(18)29(26,27)17-8-4-3-5-9-17/h3-9,14,18H,10-13,15H2,1-2H3. The minimum atomic E-state index is -4.08. The van der Waals surface area contributed by atoms with Crippen LogP contribution in [0.15, 0.2) is 52.7 Å². The lowest BCUT2D eigenvalue weighted by Crippen LogP contribution is -2.49. The summed E-state index contributed by atoms with van der Waals surface area (Å²) in [6, 6.07) is 10.6. The van der Waals surface area contributed by atoms with Gasteiger partial charge in [-0.2, -0.15) is 0 Å². The average Bonchev–Trinajstić information content (AvgIpc) is 3.34. The quantitative estimate of drug-likeness (QED) is 0.634. The highest BCUT2D eigenvalue weighted by Crippen LogP contribution is 2.29. The molecule has 0 radical (unpaired) electrons. The Labute approximate surface area is 175 Å². The molecule has 0 spiro atoms. The Morgan fingerprint density at radius 3 is 2.48 bits per heavy atom. The van der Waals surface area contributed by atoms with Gasteiger partial charge in [0.05, 0.1) is 11.4 Å². The van der Waals surface area contributed by atoms with Gasteiger partial charge in [-0.15, -0.1) is 11.3 Å². The van der Waals surface area contributed by atoms with Gasteiger partial charge in [0.15, 0.2) is 0 Å². The van der Waals surface area contributed by atoms with Gasteiger partial charge in [-0.1, -0.05) is 24.3 Å². The van der Waals surface area contributed by atoms with Crippen molar-refractivity contribution in [2.45, 2.75) is 30.3 Å². The molecule has 29 heavy (non-hydrogen) atoms. The summed E-state index contributed by atoms with van der Waals surface area (Å²) in [5.74, 6) is -0.860. The first-order chi connectivity index (χ1) is 13.8. The van der Waals surface area contributed by atoms with E-state index in [0.29, 0.717) is 19.6 Å². The fourth-order valence-electron chi connectivity index (χ4n) is 3.28. The Hall–Kier alpha value is -2.23. The second kappa shape index (κ2) is 9.06. The summed E-state index contributed by atoms with van der Waals surface area (Å²) in [5.41, 5.74) is 0. The van der Waals surface area contributed by atoms with Crippen LogP contribution in [0.5, 0.6) is 0 Å². The van der Waals surface area contributed by atoms with E-state index in [1.807, 2.05) is 36.5 Å². The van der Waals surface area contributed by atoms with Crippen molar-refractivity contribution in [3.8, 4) is 0 Å². The van der Waals surface area contributed by atoms with Crippen molar-refractivity contribution in [2.75, 3.05) is 27.2 Å². The number of sulfonamides is 1. The molecule has 1 aliphatic rings. The van der Waals surface area contributed by atoms with Crippen LogP contribution in [0.3, 0.4) is 0 Å². The smallest absolute Gasteiger partial charge is 0.267 e. The lowest BCUT2D eigenvalue weighted by atomic mass is 10.2. The summed E-state index contributed by atoms with van der Waals surface area (Å²) >= 11 is 1.54. The predicted octanol–water partition coefficient (Wildman–Crippen LogP) is 2.02. The molecule has 0 aliphatic carbocycles. The predicted molar refractivity (Wildman–Crippen MR) is 112 cm³/mol. The van der Waals surface area contributed by atoms with Crippen LogP contribution in [0.1, 0.15) is 17.7 Å². The molecule has 2 heterocycles. The van der Waals surface area contributed by atoms with Crippen molar-refractivity contribution in [1.82, 2.24) is 14.1 Å². The Balaban J connectivity index is 1.88. The summed E-state index contributed by atoms with van der Waals surface area (Å²) in [6.45, 7) is 1.49. The SMILES string of the molecule is CN(C)CCN(Cc1cccs1)C(=O)C1CCC(=O)N1S(=O)(=O)c1ccccc1. The van der Waals surface area contributed by atoms with Crippen LogP contribution in [-0.4, -0.2) is 67.6 Å². The summed E-state index contributed by atoms with van der Waals surface area (Å²) in [7, 11) is -0.249. The average molecular weight is 436 g/mol. The molecule has 1 aromatic carbocycles. The van der Waals surface area contributed by atoms with Gasteiger partial charge < -0.3 is 9.80 Å². The molecule has 0 N–H and O–H groups in total. The van der Waals surface area contributed by atoms with Crippen molar-refractivity contribution in [3.05, 3.63) is 52.7 Å². The van der Waals surface area contributed by atoms with E-state index in [4.69, 9.17) is 0 Å². The van der Waals surface area contributed by atoms with Crippen molar-refractivity contribution < 1.29 is 18.0 Å². The first-order valence-electron chi connectivity index (χ1n) is 9.39. The molecule has 1 atom stereocenters. The van der Waals surface area contributed by atoms with E-state index in [1.165, 1.54) is 12.1 Å². The van der Waals surface area contributed by atoms with Crippen LogP contribution in [0.4, 0.5) is 0 Å². The molecular formula is C20H25N3O4S2. The highest BCUT2D eigenvalue weighted by molar-refractivity contribution is 7.89. The number of carbonyl (C=O) groups is 2. The van der Waals surface area contributed by atoms with Gasteiger partial charge in [-0.3, -0.25) is 9.59 Å². The third kappa shape index (κ3) is 4.85. The number of carbonyl (C=O) groups excluding carboxylic acids is 2. The number of benzene rings is 1. The molecule has 0 saturated carbocycles. The summed E-state index contributed by atoms with van der Waals surface area (Å²) < 4.78 is 27.0. The zero-order valence-electron chi connectivity index (χ0n) is 16.5. The normalized spacial score (nSPS) is 17.1. The Bertz CT molecular complexity index is 943. The van der Waals surface area contributed by atoms with E-state index < -0.39 is 22.0 Å². The second-order valence-corrected chi connectivity index (χ2v) is 10.1. The minimum absolute atomic E-state index is 0.0196.